The number of rotatable bonds is 6. The van der Waals surface area contributed by atoms with Crippen molar-refractivity contribution in [3.05, 3.63) is 30.1 Å². The van der Waals surface area contributed by atoms with Crippen molar-refractivity contribution in [2.45, 2.75) is 44.3 Å². The Kier molecular flexibility index (Phi) is 4.81. The molecule has 1 aromatic rings. The maximum Gasteiger partial charge on any atom is 0.249 e. The van der Waals surface area contributed by atoms with Crippen LogP contribution in [0.25, 0.3) is 0 Å². The Morgan fingerprint density at radius 2 is 2.25 bits per heavy atom. The number of likely N-dealkylation sites (tertiary alicyclic amines) is 1. The molecule has 2 aliphatic heterocycles. The van der Waals surface area contributed by atoms with Crippen LogP contribution in [-0.2, 0) is 16.0 Å². The fourth-order valence-corrected chi connectivity index (χ4v) is 3.97. The molecule has 24 heavy (non-hydrogen) atoms. The Balaban J connectivity index is 1.21. The maximum absolute atomic E-state index is 12.4. The van der Waals surface area contributed by atoms with Crippen LogP contribution in [0.15, 0.2) is 24.4 Å². The second kappa shape index (κ2) is 7.19. The monoisotopic (exact) mass is 329 g/mol. The van der Waals surface area contributed by atoms with Crippen molar-refractivity contribution in [2.24, 2.45) is 11.8 Å². The lowest BCUT2D eigenvalue weighted by Crippen LogP contribution is -2.43. The van der Waals surface area contributed by atoms with Gasteiger partial charge in [-0.1, -0.05) is 6.07 Å². The molecular formula is C19H27N3O2. The summed E-state index contributed by atoms with van der Waals surface area (Å²) in [5.41, 5.74) is 1.01. The fraction of sp³-hybridized carbons (Fsp3) is 0.684. The molecule has 3 aliphatic rings. The van der Waals surface area contributed by atoms with Crippen LogP contribution in [0.2, 0.25) is 0 Å². The SMILES string of the molecule is O=C(NCCc1ccccn1)[C@H]1C[C@@H]2CCN(CC3CC3)C[C@H]2O1. The zero-order chi connectivity index (χ0) is 16.4. The number of nitrogens with zero attached hydrogens (tertiary/aromatic N) is 2. The number of hydrogen-bond acceptors (Lipinski definition) is 4. The zero-order valence-corrected chi connectivity index (χ0v) is 14.2. The number of carbonyl (C=O) groups excluding carboxylic acids is 1. The maximum atomic E-state index is 12.4. The number of pyridine rings is 1. The Morgan fingerprint density at radius 3 is 3.04 bits per heavy atom. The van der Waals surface area contributed by atoms with E-state index in [1.807, 2.05) is 18.2 Å². The smallest absolute Gasteiger partial charge is 0.249 e. The number of hydrogen-bond donors (Lipinski definition) is 1. The normalized spacial score (nSPS) is 30.1. The summed E-state index contributed by atoms with van der Waals surface area (Å²) in [5, 5.41) is 3.02. The highest BCUT2D eigenvalue weighted by Gasteiger charge is 2.42. The van der Waals surface area contributed by atoms with E-state index in [-0.39, 0.29) is 18.1 Å². The van der Waals surface area contributed by atoms with E-state index in [1.54, 1.807) is 6.20 Å². The lowest BCUT2D eigenvalue weighted by molar-refractivity contribution is -0.132. The van der Waals surface area contributed by atoms with E-state index < -0.39 is 0 Å². The molecule has 0 spiro atoms. The summed E-state index contributed by atoms with van der Waals surface area (Å²) in [6, 6.07) is 5.87. The molecule has 1 saturated carbocycles. The van der Waals surface area contributed by atoms with Gasteiger partial charge in [0.15, 0.2) is 0 Å². The van der Waals surface area contributed by atoms with Crippen LogP contribution in [0.3, 0.4) is 0 Å². The minimum atomic E-state index is -0.260. The first-order chi connectivity index (χ1) is 11.8. The number of piperidine rings is 1. The Labute approximate surface area is 143 Å². The van der Waals surface area contributed by atoms with Gasteiger partial charge in [-0.2, -0.15) is 0 Å². The van der Waals surface area contributed by atoms with Gasteiger partial charge < -0.3 is 15.0 Å². The Hall–Kier alpha value is -1.46. The van der Waals surface area contributed by atoms with Gasteiger partial charge in [0.25, 0.3) is 0 Å². The van der Waals surface area contributed by atoms with Crippen molar-refractivity contribution in [3.8, 4) is 0 Å². The molecule has 3 heterocycles. The third kappa shape index (κ3) is 3.95. The molecule has 5 heteroatoms. The molecule has 2 saturated heterocycles. The molecule has 3 atom stereocenters. The number of aromatic nitrogens is 1. The summed E-state index contributed by atoms with van der Waals surface area (Å²) in [6.45, 7) is 4.04. The summed E-state index contributed by atoms with van der Waals surface area (Å²) in [7, 11) is 0. The summed E-state index contributed by atoms with van der Waals surface area (Å²) in [5.74, 6) is 1.54. The second-order valence-corrected chi connectivity index (χ2v) is 7.51. The molecule has 0 radical (unpaired) electrons. The van der Waals surface area contributed by atoms with E-state index >= 15 is 0 Å². The van der Waals surface area contributed by atoms with Crippen LogP contribution in [0.5, 0.6) is 0 Å². The summed E-state index contributed by atoms with van der Waals surface area (Å²) in [6.07, 6.45) is 7.40. The molecule has 4 rings (SSSR count). The molecule has 0 aromatic carbocycles. The molecule has 1 amide bonds. The highest BCUT2D eigenvalue weighted by atomic mass is 16.5. The number of fused-ring (bicyclic) bond motifs is 1. The topological polar surface area (TPSA) is 54.5 Å². The van der Waals surface area contributed by atoms with Crippen LogP contribution in [0, 0.1) is 11.8 Å². The Bertz CT molecular complexity index is 561. The van der Waals surface area contributed by atoms with Gasteiger partial charge in [0.1, 0.15) is 6.10 Å². The molecule has 0 unspecified atom stereocenters. The minimum Gasteiger partial charge on any atom is -0.364 e. The zero-order valence-electron chi connectivity index (χ0n) is 14.2. The fourth-order valence-electron chi connectivity index (χ4n) is 3.97. The molecule has 5 nitrogen and oxygen atoms in total. The van der Waals surface area contributed by atoms with E-state index in [0.29, 0.717) is 12.5 Å². The first-order valence-corrected chi connectivity index (χ1v) is 9.33. The number of carbonyl (C=O) groups is 1. The number of nitrogens with one attached hydrogen (secondary N) is 1. The quantitative estimate of drug-likeness (QED) is 0.862. The highest BCUT2D eigenvalue weighted by Crippen LogP contribution is 2.36. The average Bonchev–Trinajstić information content (AvgIpc) is 3.31. The van der Waals surface area contributed by atoms with Crippen LogP contribution in [-0.4, -0.2) is 54.2 Å². The van der Waals surface area contributed by atoms with E-state index in [9.17, 15) is 4.79 Å². The van der Waals surface area contributed by atoms with Gasteiger partial charge in [0.2, 0.25) is 5.91 Å². The lowest BCUT2D eigenvalue weighted by Gasteiger charge is -2.34. The first-order valence-electron chi connectivity index (χ1n) is 9.33. The standard InChI is InChI=1S/C19H27N3O2/c23-19(21-9-6-16-3-1-2-8-20-16)17-11-15-7-10-22(12-14-4-5-14)13-18(15)24-17/h1-3,8,14-15,17-18H,4-7,9-13H2,(H,21,23)/t15-,17+,18+/m0/s1. The van der Waals surface area contributed by atoms with Crippen LogP contribution in [0.4, 0.5) is 0 Å². The second-order valence-electron chi connectivity index (χ2n) is 7.51. The highest BCUT2D eigenvalue weighted by molar-refractivity contribution is 5.81. The molecule has 3 fully saturated rings. The van der Waals surface area contributed by atoms with Crippen molar-refractivity contribution in [1.82, 2.24) is 15.2 Å². The van der Waals surface area contributed by atoms with Gasteiger partial charge >= 0.3 is 0 Å². The van der Waals surface area contributed by atoms with Gasteiger partial charge in [0, 0.05) is 37.9 Å². The predicted octanol–water partition coefficient (Wildman–Crippen LogP) is 1.63. The largest absolute Gasteiger partial charge is 0.364 e. The van der Waals surface area contributed by atoms with Gasteiger partial charge in [-0.15, -0.1) is 0 Å². The number of amides is 1. The van der Waals surface area contributed by atoms with Gasteiger partial charge in [0.05, 0.1) is 6.10 Å². The van der Waals surface area contributed by atoms with Crippen molar-refractivity contribution in [1.29, 1.82) is 0 Å². The van der Waals surface area contributed by atoms with Crippen molar-refractivity contribution in [3.63, 3.8) is 0 Å². The third-order valence-corrected chi connectivity index (χ3v) is 5.55. The first kappa shape index (κ1) is 16.0. The number of ether oxygens (including phenoxy) is 1. The van der Waals surface area contributed by atoms with Crippen molar-refractivity contribution < 1.29 is 9.53 Å². The van der Waals surface area contributed by atoms with Gasteiger partial charge in [-0.25, -0.2) is 0 Å². The summed E-state index contributed by atoms with van der Waals surface area (Å²) in [4.78, 5) is 19.2. The predicted molar refractivity (Wildman–Crippen MR) is 91.5 cm³/mol. The molecule has 1 aliphatic carbocycles. The van der Waals surface area contributed by atoms with Gasteiger partial charge in [-0.3, -0.25) is 9.78 Å². The van der Waals surface area contributed by atoms with Crippen LogP contribution >= 0.6 is 0 Å². The summed E-state index contributed by atoms with van der Waals surface area (Å²) < 4.78 is 6.09. The van der Waals surface area contributed by atoms with E-state index in [1.165, 1.54) is 32.4 Å². The van der Waals surface area contributed by atoms with Crippen molar-refractivity contribution >= 4 is 5.91 Å². The average molecular weight is 329 g/mol. The van der Waals surface area contributed by atoms with Crippen LogP contribution in [0.1, 0.15) is 31.4 Å². The lowest BCUT2D eigenvalue weighted by atomic mass is 9.91. The summed E-state index contributed by atoms with van der Waals surface area (Å²) >= 11 is 0. The van der Waals surface area contributed by atoms with E-state index in [2.05, 4.69) is 15.2 Å². The van der Waals surface area contributed by atoms with E-state index in [4.69, 9.17) is 4.74 Å². The minimum absolute atomic E-state index is 0.0501. The Morgan fingerprint density at radius 1 is 1.33 bits per heavy atom. The van der Waals surface area contributed by atoms with Crippen molar-refractivity contribution in [2.75, 3.05) is 26.2 Å². The van der Waals surface area contributed by atoms with Crippen LogP contribution < -0.4 is 5.32 Å². The third-order valence-electron chi connectivity index (χ3n) is 5.55. The molecule has 130 valence electrons. The molecular weight excluding hydrogens is 302 g/mol. The molecule has 1 N–H and O–H groups in total. The van der Waals surface area contributed by atoms with E-state index in [0.717, 1.165) is 31.0 Å². The van der Waals surface area contributed by atoms with Gasteiger partial charge in [-0.05, 0) is 56.2 Å². The molecule has 1 aromatic heterocycles. The molecule has 0 bridgehead atoms.